The van der Waals surface area contributed by atoms with Gasteiger partial charge in [0.05, 0.1) is 6.61 Å². The number of hydrogen-bond donors (Lipinski definition) is 0. The van der Waals surface area contributed by atoms with Gasteiger partial charge in [-0.3, -0.25) is 0 Å². The molecule has 0 aromatic heterocycles. The molecule has 0 N–H and O–H groups in total. The number of rotatable bonds is 7. The number of benzene rings is 1. The molecule has 0 saturated heterocycles. The van der Waals surface area contributed by atoms with E-state index in [1.165, 1.54) is 12.1 Å². The second-order valence-corrected chi connectivity index (χ2v) is 3.95. The van der Waals surface area contributed by atoms with Gasteiger partial charge in [0, 0.05) is 18.0 Å². The first-order valence-electron chi connectivity index (χ1n) is 5.32. The number of alkyl halides is 1. The SMILES string of the molecule is CCCOCCOc1cc(F)cc(CBr)c1. The molecular formula is C12H16BrFO2. The minimum absolute atomic E-state index is 0.276. The molecule has 16 heavy (non-hydrogen) atoms. The molecule has 0 bridgehead atoms. The fraction of sp³-hybridized carbons (Fsp3) is 0.500. The number of halogens is 2. The summed E-state index contributed by atoms with van der Waals surface area (Å²) in [5.74, 6) is 0.274. The Morgan fingerprint density at radius 3 is 2.69 bits per heavy atom. The van der Waals surface area contributed by atoms with Crippen LogP contribution >= 0.6 is 15.9 Å². The average molecular weight is 291 g/mol. The number of ether oxygens (including phenoxy) is 2. The highest BCUT2D eigenvalue weighted by molar-refractivity contribution is 9.08. The molecule has 0 aliphatic rings. The van der Waals surface area contributed by atoms with Gasteiger partial charge in [0.2, 0.25) is 0 Å². The summed E-state index contributed by atoms with van der Waals surface area (Å²) in [4.78, 5) is 0. The van der Waals surface area contributed by atoms with Crippen LogP contribution in [0.4, 0.5) is 4.39 Å². The second kappa shape index (κ2) is 7.63. The topological polar surface area (TPSA) is 18.5 Å². The van der Waals surface area contributed by atoms with E-state index in [0.717, 1.165) is 18.6 Å². The molecule has 4 heteroatoms. The zero-order valence-electron chi connectivity index (χ0n) is 9.34. The first-order valence-corrected chi connectivity index (χ1v) is 6.44. The molecule has 0 radical (unpaired) electrons. The maximum Gasteiger partial charge on any atom is 0.127 e. The molecule has 1 rings (SSSR count). The maximum atomic E-state index is 13.1. The largest absolute Gasteiger partial charge is 0.491 e. The minimum atomic E-state index is -0.276. The van der Waals surface area contributed by atoms with Gasteiger partial charge < -0.3 is 9.47 Å². The van der Waals surface area contributed by atoms with Crippen molar-refractivity contribution in [2.75, 3.05) is 19.8 Å². The summed E-state index contributed by atoms with van der Waals surface area (Å²) in [5, 5.41) is 0.619. The lowest BCUT2D eigenvalue weighted by molar-refractivity contribution is 0.100. The Bertz CT molecular complexity index is 318. The molecule has 90 valence electrons. The van der Waals surface area contributed by atoms with Crippen molar-refractivity contribution in [3.05, 3.63) is 29.6 Å². The van der Waals surface area contributed by atoms with Gasteiger partial charge in [0.1, 0.15) is 18.2 Å². The quantitative estimate of drug-likeness (QED) is 0.565. The fourth-order valence-electron chi connectivity index (χ4n) is 1.25. The lowest BCUT2D eigenvalue weighted by Crippen LogP contribution is -2.07. The van der Waals surface area contributed by atoms with E-state index in [0.29, 0.717) is 24.3 Å². The fourth-order valence-corrected chi connectivity index (χ4v) is 1.57. The molecule has 0 spiro atoms. The van der Waals surface area contributed by atoms with E-state index >= 15 is 0 Å². The van der Waals surface area contributed by atoms with E-state index in [1.54, 1.807) is 0 Å². The van der Waals surface area contributed by atoms with E-state index in [1.807, 2.05) is 6.07 Å². The Kier molecular flexibility index (Phi) is 6.42. The predicted octanol–water partition coefficient (Wildman–Crippen LogP) is 3.53. The van der Waals surface area contributed by atoms with Gasteiger partial charge in [-0.15, -0.1) is 0 Å². The third-order valence-corrected chi connectivity index (χ3v) is 2.58. The minimum Gasteiger partial charge on any atom is -0.491 e. The van der Waals surface area contributed by atoms with Crippen LogP contribution in [0.25, 0.3) is 0 Å². The molecule has 1 aromatic carbocycles. The normalized spacial score (nSPS) is 10.4. The zero-order valence-corrected chi connectivity index (χ0v) is 10.9. The van der Waals surface area contributed by atoms with Gasteiger partial charge in [-0.25, -0.2) is 4.39 Å². The molecule has 0 amide bonds. The third kappa shape index (κ3) is 4.94. The van der Waals surface area contributed by atoms with Crippen LogP contribution in [0.1, 0.15) is 18.9 Å². The van der Waals surface area contributed by atoms with E-state index in [9.17, 15) is 4.39 Å². The van der Waals surface area contributed by atoms with Crippen LogP contribution in [0, 0.1) is 5.82 Å². The van der Waals surface area contributed by atoms with Crippen LogP contribution in [0.2, 0.25) is 0 Å². The molecule has 0 aliphatic heterocycles. The van der Waals surface area contributed by atoms with Gasteiger partial charge in [0.25, 0.3) is 0 Å². The van der Waals surface area contributed by atoms with Crippen molar-refractivity contribution in [3.8, 4) is 5.75 Å². The predicted molar refractivity (Wildman–Crippen MR) is 65.6 cm³/mol. The van der Waals surface area contributed by atoms with Crippen LogP contribution in [0.3, 0.4) is 0 Å². The number of hydrogen-bond acceptors (Lipinski definition) is 2. The van der Waals surface area contributed by atoms with Gasteiger partial charge in [-0.05, 0) is 24.1 Å². The highest BCUT2D eigenvalue weighted by atomic mass is 79.9. The Labute approximate surface area is 104 Å². The first-order chi connectivity index (χ1) is 7.76. The van der Waals surface area contributed by atoms with Crippen LogP contribution in [0.15, 0.2) is 18.2 Å². The smallest absolute Gasteiger partial charge is 0.127 e. The second-order valence-electron chi connectivity index (χ2n) is 3.39. The van der Waals surface area contributed by atoms with E-state index < -0.39 is 0 Å². The molecule has 2 nitrogen and oxygen atoms in total. The molecule has 1 aromatic rings. The summed E-state index contributed by atoms with van der Waals surface area (Å²) in [7, 11) is 0. The average Bonchev–Trinajstić information content (AvgIpc) is 2.28. The van der Waals surface area contributed by atoms with Gasteiger partial charge >= 0.3 is 0 Å². The van der Waals surface area contributed by atoms with Crippen LogP contribution in [0.5, 0.6) is 5.75 Å². The Morgan fingerprint density at radius 2 is 2.00 bits per heavy atom. The molecule has 0 aliphatic carbocycles. The van der Waals surface area contributed by atoms with E-state index in [2.05, 4.69) is 22.9 Å². The molecule has 0 unspecified atom stereocenters. The molecule has 0 heterocycles. The summed E-state index contributed by atoms with van der Waals surface area (Å²) < 4.78 is 23.8. The first kappa shape index (κ1) is 13.5. The Balaban J connectivity index is 2.38. The van der Waals surface area contributed by atoms with Gasteiger partial charge in [-0.2, -0.15) is 0 Å². The zero-order chi connectivity index (χ0) is 11.8. The van der Waals surface area contributed by atoms with Crippen LogP contribution < -0.4 is 4.74 Å². The van der Waals surface area contributed by atoms with Crippen molar-refractivity contribution in [2.24, 2.45) is 0 Å². The highest BCUT2D eigenvalue weighted by Crippen LogP contribution is 2.18. The summed E-state index contributed by atoms with van der Waals surface area (Å²) in [6, 6.07) is 4.68. The summed E-state index contributed by atoms with van der Waals surface area (Å²) in [6.07, 6.45) is 0.994. The lowest BCUT2D eigenvalue weighted by Gasteiger charge is -2.08. The summed E-state index contributed by atoms with van der Waals surface area (Å²) >= 11 is 3.28. The summed E-state index contributed by atoms with van der Waals surface area (Å²) in [6.45, 7) is 3.77. The van der Waals surface area contributed by atoms with E-state index in [-0.39, 0.29) is 5.82 Å². The van der Waals surface area contributed by atoms with E-state index in [4.69, 9.17) is 9.47 Å². The monoisotopic (exact) mass is 290 g/mol. The maximum absolute atomic E-state index is 13.1. The third-order valence-electron chi connectivity index (χ3n) is 1.93. The molecule has 0 atom stereocenters. The Morgan fingerprint density at radius 1 is 1.19 bits per heavy atom. The molecular weight excluding hydrogens is 275 g/mol. The van der Waals surface area contributed by atoms with Crippen molar-refractivity contribution in [3.63, 3.8) is 0 Å². The van der Waals surface area contributed by atoms with Crippen LogP contribution in [-0.4, -0.2) is 19.8 Å². The Hall–Kier alpha value is -0.610. The van der Waals surface area contributed by atoms with Gasteiger partial charge in [0.15, 0.2) is 0 Å². The van der Waals surface area contributed by atoms with Crippen molar-refractivity contribution >= 4 is 15.9 Å². The van der Waals surface area contributed by atoms with Crippen LogP contribution in [-0.2, 0) is 10.1 Å². The summed E-state index contributed by atoms with van der Waals surface area (Å²) in [5.41, 5.74) is 0.865. The lowest BCUT2D eigenvalue weighted by atomic mass is 10.2. The van der Waals surface area contributed by atoms with Crippen molar-refractivity contribution in [1.82, 2.24) is 0 Å². The van der Waals surface area contributed by atoms with Crippen molar-refractivity contribution in [1.29, 1.82) is 0 Å². The molecule has 0 fully saturated rings. The van der Waals surface area contributed by atoms with Crippen molar-refractivity contribution < 1.29 is 13.9 Å². The standard InChI is InChI=1S/C12H16BrFO2/c1-2-3-15-4-5-16-12-7-10(9-13)6-11(14)8-12/h6-8H,2-5,9H2,1H3. The highest BCUT2D eigenvalue weighted by Gasteiger charge is 2.00. The molecule has 0 saturated carbocycles. The van der Waals surface area contributed by atoms with Gasteiger partial charge in [-0.1, -0.05) is 22.9 Å². The van der Waals surface area contributed by atoms with Crippen molar-refractivity contribution in [2.45, 2.75) is 18.7 Å².